The van der Waals surface area contributed by atoms with Gasteiger partial charge in [0.15, 0.2) is 9.84 Å². The van der Waals surface area contributed by atoms with E-state index in [-0.39, 0.29) is 16.6 Å². The van der Waals surface area contributed by atoms with Gasteiger partial charge >= 0.3 is 0 Å². The van der Waals surface area contributed by atoms with Crippen LogP contribution < -0.4 is 4.90 Å². The topological polar surface area (TPSA) is 57.7 Å². The van der Waals surface area contributed by atoms with Gasteiger partial charge in [0.1, 0.15) is 0 Å². The van der Waals surface area contributed by atoms with Crippen LogP contribution in [0.2, 0.25) is 5.02 Å². The van der Waals surface area contributed by atoms with Gasteiger partial charge in [0.2, 0.25) is 0 Å². The van der Waals surface area contributed by atoms with Crippen LogP contribution in [0.1, 0.15) is 21.5 Å². The maximum atomic E-state index is 13.2. The molecule has 0 atom stereocenters. The van der Waals surface area contributed by atoms with Crippen LogP contribution in [-0.4, -0.2) is 45.4 Å². The molecule has 0 spiro atoms. The monoisotopic (exact) mass is 468 g/mol. The van der Waals surface area contributed by atoms with Crippen molar-refractivity contribution in [1.29, 1.82) is 0 Å². The minimum absolute atomic E-state index is 0.126. The van der Waals surface area contributed by atoms with E-state index in [0.717, 1.165) is 24.3 Å². The molecule has 0 bridgehead atoms. The summed E-state index contributed by atoms with van der Waals surface area (Å²) in [5, 5.41) is 0.557. The third kappa shape index (κ3) is 4.97. The molecule has 1 amide bonds. The quantitative estimate of drug-likeness (QED) is 0.549. The molecule has 3 aromatic carbocycles. The second kappa shape index (κ2) is 9.35. The Morgan fingerprint density at radius 2 is 1.56 bits per heavy atom. The SMILES string of the molecule is Cc1ccc(S(=O)(=O)Cc2ccc(Cl)cc2)cc1C(=O)N1CCN(c2ccccc2)CC1. The van der Waals surface area contributed by atoms with Crippen molar-refractivity contribution in [2.24, 2.45) is 0 Å². The van der Waals surface area contributed by atoms with Gasteiger partial charge < -0.3 is 9.80 Å². The molecule has 0 radical (unpaired) electrons. The van der Waals surface area contributed by atoms with E-state index in [1.807, 2.05) is 25.1 Å². The minimum atomic E-state index is -3.60. The van der Waals surface area contributed by atoms with Crippen molar-refractivity contribution in [3.8, 4) is 0 Å². The molecule has 0 aliphatic carbocycles. The third-order valence-corrected chi connectivity index (χ3v) is 7.69. The Balaban J connectivity index is 1.50. The van der Waals surface area contributed by atoms with Crippen molar-refractivity contribution in [2.45, 2.75) is 17.6 Å². The molecule has 32 heavy (non-hydrogen) atoms. The van der Waals surface area contributed by atoms with Gasteiger partial charge in [-0.3, -0.25) is 4.79 Å². The molecule has 0 saturated carbocycles. The molecule has 1 aliphatic heterocycles. The summed E-state index contributed by atoms with van der Waals surface area (Å²) < 4.78 is 26.0. The lowest BCUT2D eigenvalue weighted by atomic mass is 10.1. The molecule has 7 heteroatoms. The number of benzene rings is 3. The van der Waals surface area contributed by atoms with Crippen molar-refractivity contribution in [1.82, 2.24) is 4.90 Å². The molecule has 1 fully saturated rings. The number of anilines is 1. The molecule has 3 aromatic rings. The highest BCUT2D eigenvalue weighted by Crippen LogP contribution is 2.23. The Labute approximate surface area is 194 Å². The van der Waals surface area contributed by atoms with E-state index in [0.29, 0.717) is 29.2 Å². The highest BCUT2D eigenvalue weighted by molar-refractivity contribution is 7.90. The molecular weight excluding hydrogens is 444 g/mol. The lowest BCUT2D eigenvalue weighted by Gasteiger charge is -2.36. The highest BCUT2D eigenvalue weighted by atomic mass is 35.5. The van der Waals surface area contributed by atoms with Crippen LogP contribution in [0.25, 0.3) is 0 Å². The number of hydrogen-bond donors (Lipinski definition) is 0. The van der Waals surface area contributed by atoms with Gasteiger partial charge in [-0.05, 0) is 54.4 Å². The standard InChI is InChI=1S/C25H25ClN2O3S/c1-19-7-12-23(32(30,31)18-20-8-10-21(26)11-9-20)17-24(19)25(29)28-15-13-27(14-16-28)22-5-3-2-4-6-22/h2-12,17H,13-16,18H2,1H3. The number of rotatable bonds is 5. The number of carbonyl (C=O) groups excluding carboxylic acids is 1. The first kappa shape index (κ1) is 22.4. The number of amides is 1. The summed E-state index contributed by atoms with van der Waals surface area (Å²) in [6.07, 6.45) is 0. The maximum Gasteiger partial charge on any atom is 0.254 e. The van der Waals surface area contributed by atoms with Crippen LogP contribution in [0.4, 0.5) is 5.69 Å². The Bertz CT molecular complexity index is 1200. The van der Waals surface area contributed by atoms with E-state index in [4.69, 9.17) is 11.6 Å². The Kier molecular flexibility index (Phi) is 6.53. The van der Waals surface area contributed by atoms with Gasteiger partial charge in [0.05, 0.1) is 10.6 Å². The summed E-state index contributed by atoms with van der Waals surface area (Å²) >= 11 is 5.90. The summed E-state index contributed by atoms with van der Waals surface area (Å²) in [4.78, 5) is 17.4. The average molecular weight is 469 g/mol. The fourth-order valence-corrected chi connectivity index (χ4v) is 5.38. The van der Waals surface area contributed by atoms with Gasteiger partial charge in [-0.25, -0.2) is 8.42 Å². The van der Waals surface area contributed by atoms with Gasteiger partial charge in [0.25, 0.3) is 5.91 Å². The Morgan fingerprint density at radius 3 is 2.22 bits per heavy atom. The molecule has 166 valence electrons. The van der Waals surface area contributed by atoms with Crippen LogP contribution in [0, 0.1) is 6.92 Å². The van der Waals surface area contributed by atoms with E-state index >= 15 is 0 Å². The second-order valence-electron chi connectivity index (χ2n) is 7.98. The molecule has 1 saturated heterocycles. The van der Waals surface area contributed by atoms with Crippen LogP contribution in [0.5, 0.6) is 0 Å². The number of hydrogen-bond acceptors (Lipinski definition) is 4. The fourth-order valence-electron chi connectivity index (χ4n) is 3.89. The van der Waals surface area contributed by atoms with Gasteiger partial charge in [0, 0.05) is 42.5 Å². The summed E-state index contributed by atoms with van der Waals surface area (Å²) in [6.45, 7) is 4.50. The molecular formula is C25H25ClN2O3S. The lowest BCUT2D eigenvalue weighted by Crippen LogP contribution is -2.49. The molecule has 1 heterocycles. The zero-order valence-electron chi connectivity index (χ0n) is 17.9. The summed E-state index contributed by atoms with van der Waals surface area (Å²) in [5.74, 6) is -0.268. The van der Waals surface area contributed by atoms with Crippen molar-refractivity contribution in [3.05, 3.63) is 94.5 Å². The molecule has 0 aromatic heterocycles. The van der Waals surface area contributed by atoms with Crippen molar-refractivity contribution >= 4 is 33.0 Å². The van der Waals surface area contributed by atoms with Gasteiger partial charge in [-0.2, -0.15) is 0 Å². The maximum absolute atomic E-state index is 13.2. The number of aryl methyl sites for hydroxylation is 1. The van der Waals surface area contributed by atoms with Crippen molar-refractivity contribution < 1.29 is 13.2 Å². The zero-order valence-corrected chi connectivity index (χ0v) is 19.4. The van der Waals surface area contributed by atoms with E-state index < -0.39 is 9.84 Å². The van der Waals surface area contributed by atoms with Crippen LogP contribution in [-0.2, 0) is 15.6 Å². The molecule has 0 unspecified atom stereocenters. The first-order chi connectivity index (χ1) is 15.3. The van der Waals surface area contributed by atoms with Crippen LogP contribution >= 0.6 is 11.6 Å². The average Bonchev–Trinajstić information content (AvgIpc) is 2.81. The molecule has 0 N–H and O–H groups in total. The number of halogens is 1. The Morgan fingerprint density at radius 1 is 0.906 bits per heavy atom. The number of carbonyl (C=O) groups is 1. The molecule has 4 rings (SSSR count). The number of nitrogens with zero attached hydrogens (tertiary/aromatic N) is 2. The number of piperazine rings is 1. The predicted octanol–water partition coefficient (Wildman–Crippen LogP) is 4.58. The van der Waals surface area contributed by atoms with Crippen molar-refractivity contribution in [2.75, 3.05) is 31.1 Å². The largest absolute Gasteiger partial charge is 0.368 e. The van der Waals surface area contributed by atoms with Crippen LogP contribution in [0.3, 0.4) is 0 Å². The zero-order chi connectivity index (χ0) is 22.7. The van der Waals surface area contributed by atoms with Gasteiger partial charge in [-0.15, -0.1) is 0 Å². The first-order valence-electron chi connectivity index (χ1n) is 10.5. The van der Waals surface area contributed by atoms with E-state index in [9.17, 15) is 13.2 Å². The van der Waals surface area contributed by atoms with E-state index in [1.54, 1.807) is 41.3 Å². The second-order valence-corrected chi connectivity index (χ2v) is 10.4. The predicted molar refractivity (Wildman–Crippen MR) is 128 cm³/mol. The third-order valence-electron chi connectivity index (χ3n) is 5.76. The van der Waals surface area contributed by atoms with Gasteiger partial charge in [-0.1, -0.05) is 48.0 Å². The van der Waals surface area contributed by atoms with E-state index in [2.05, 4.69) is 17.0 Å². The summed E-state index contributed by atoms with van der Waals surface area (Å²) in [6, 6.07) is 21.7. The molecule has 1 aliphatic rings. The smallest absolute Gasteiger partial charge is 0.254 e. The normalized spacial score (nSPS) is 14.4. The molecule has 5 nitrogen and oxygen atoms in total. The highest BCUT2D eigenvalue weighted by Gasteiger charge is 2.25. The van der Waals surface area contributed by atoms with Crippen molar-refractivity contribution in [3.63, 3.8) is 0 Å². The summed E-state index contributed by atoms with van der Waals surface area (Å²) in [7, 11) is -3.60. The number of sulfone groups is 1. The minimum Gasteiger partial charge on any atom is -0.368 e. The fraction of sp³-hybridized carbons (Fsp3) is 0.240. The van der Waals surface area contributed by atoms with Crippen LogP contribution in [0.15, 0.2) is 77.7 Å². The number of para-hydroxylation sites is 1. The lowest BCUT2D eigenvalue weighted by molar-refractivity contribution is 0.0746. The summed E-state index contributed by atoms with van der Waals surface area (Å²) in [5.41, 5.74) is 3.01. The van der Waals surface area contributed by atoms with E-state index in [1.165, 1.54) is 6.07 Å². The first-order valence-corrected chi connectivity index (χ1v) is 12.5. The Hall–Kier alpha value is -2.83.